The number of hydrogen-bond donors (Lipinski definition) is 3. The second-order valence-corrected chi connectivity index (χ2v) is 8.69. The normalized spacial score (nSPS) is 22.9. The number of carbonyl (C=O) groups is 2. The van der Waals surface area contributed by atoms with Crippen LogP contribution in [-0.4, -0.2) is 52.9 Å². The van der Waals surface area contributed by atoms with Gasteiger partial charge in [0, 0.05) is 25.3 Å². The number of rotatable bonds is 5. The lowest BCUT2D eigenvalue weighted by Gasteiger charge is -2.33. The van der Waals surface area contributed by atoms with E-state index in [0.29, 0.717) is 37.7 Å². The lowest BCUT2D eigenvalue weighted by molar-refractivity contribution is -0.131. The molecule has 1 atom stereocenters. The predicted octanol–water partition coefficient (Wildman–Crippen LogP) is 3.24. The fourth-order valence-corrected chi connectivity index (χ4v) is 4.22. The van der Waals surface area contributed by atoms with E-state index in [2.05, 4.69) is 24.5 Å². The van der Waals surface area contributed by atoms with Gasteiger partial charge in [-0.3, -0.25) is 15.1 Å². The van der Waals surface area contributed by atoms with Crippen LogP contribution < -0.4 is 10.6 Å². The van der Waals surface area contributed by atoms with Gasteiger partial charge in [0.25, 0.3) is 5.91 Å². The Kier molecular flexibility index (Phi) is 6.10. The standard InChI is InChI=1S/C21H30FN5O2/c1-14(2)12-21(3)18(28)27(19(23)25-21)13-15-8-10-26(11-9-15)20(29)24-17-6-4-16(22)5-7-17/h4-7,14-15H,8-13H2,1-3H3,(H2,23,25)(H,24,29). The maximum Gasteiger partial charge on any atom is 0.321 e. The Labute approximate surface area is 171 Å². The summed E-state index contributed by atoms with van der Waals surface area (Å²) < 4.78 is 13.0. The van der Waals surface area contributed by atoms with Crippen molar-refractivity contribution in [2.75, 3.05) is 25.0 Å². The zero-order chi connectivity index (χ0) is 21.2. The highest BCUT2D eigenvalue weighted by Crippen LogP contribution is 2.27. The number of hydrogen-bond acceptors (Lipinski definition) is 3. The molecular formula is C21H30FN5O2. The molecule has 3 N–H and O–H groups in total. The number of nitrogens with one attached hydrogen (secondary N) is 3. The van der Waals surface area contributed by atoms with Crippen LogP contribution >= 0.6 is 0 Å². The Bertz CT molecular complexity index is 774. The summed E-state index contributed by atoms with van der Waals surface area (Å²) in [4.78, 5) is 28.6. The number of guanidine groups is 1. The molecule has 0 bridgehead atoms. The number of piperidine rings is 1. The predicted molar refractivity (Wildman–Crippen MR) is 110 cm³/mol. The van der Waals surface area contributed by atoms with Crippen LogP contribution in [0.15, 0.2) is 24.3 Å². The summed E-state index contributed by atoms with van der Waals surface area (Å²) in [5.41, 5.74) is -0.147. The Morgan fingerprint density at radius 1 is 1.31 bits per heavy atom. The second kappa shape index (κ2) is 8.39. The molecule has 0 aliphatic carbocycles. The molecule has 3 rings (SSSR count). The van der Waals surface area contributed by atoms with Crippen molar-refractivity contribution in [1.29, 1.82) is 5.41 Å². The van der Waals surface area contributed by atoms with Crippen LogP contribution in [0.1, 0.15) is 40.0 Å². The summed E-state index contributed by atoms with van der Waals surface area (Å²) in [5.74, 6) is 0.400. The molecule has 0 aromatic heterocycles. The molecule has 2 fully saturated rings. The fourth-order valence-electron chi connectivity index (χ4n) is 4.22. The summed E-state index contributed by atoms with van der Waals surface area (Å²) in [6.07, 6.45) is 2.23. The van der Waals surface area contributed by atoms with E-state index in [1.165, 1.54) is 24.3 Å². The third kappa shape index (κ3) is 4.86. The zero-order valence-corrected chi connectivity index (χ0v) is 17.3. The van der Waals surface area contributed by atoms with Gasteiger partial charge in [0.2, 0.25) is 0 Å². The van der Waals surface area contributed by atoms with Gasteiger partial charge in [-0.05, 0) is 62.3 Å². The summed E-state index contributed by atoms with van der Waals surface area (Å²) in [5, 5.41) is 14.0. The molecule has 2 heterocycles. The van der Waals surface area contributed by atoms with Crippen molar-refractivity contribution in [3.8, 4) is 0 Å². The largest absolute Gasteiger partial charge is 0.342 e. The Morgan fingerprint density at radius 3 is 2.52 bits per heavy atom. The highest BCUT2D eigenvalue weighted by Gasteiger charge is 2.46. The molecule has 3 amide bonds. The lowest BCUT2D eigenvalue weighted by atomic mass is 9.90. The molecule has 8 heteroatoms. The van der Waals surface area contributed by atoms with Gasteiger partial charge in [-0.1, -0.05) is 13.8 Å². The summed E-state index contributed by atoms with van der Waals surface area (Å²) >= 11 is 0. The van der Waals surface area contributed by atoms with Crippen molar-refractivity contribution < 1.29 is 14.0 Å². The van der Waals surface area contributed by atoms with E-state index in [1.807, 2.05) is 6.92 Å². The van der Waals surface area contributed by atoms with Gasteiger partial charge in [0.15, 0.2) is 5.96 Å². The first-order valence-corrected chi connectivity index (χ1v) is 10.2. The van der Waals surface area contributed by atoms with Crippen molar-refractivity contribution in [1.82, 2.24) is 15.1 Å². The van der Waals surface area contributed by atoms with Gasteiger partial charge >= 0.3 is 6.03 Å². The van der Waals surface area contributed by atoms with Crippen molar-refractivity contribution >= 4 is 23.6 Å². The van der Waals surface area contributed by atoms with Crippen molar-refractivity contribution in [3.05, 3.63) is 30.1 Å². The Balaban J connectivity index is 1.50. The molecule has 158 valence electrons. The van der Waals surface area contributed by atoms with E-state index in [0.717, 1.165) is 12.8 Å². The van der Waals surface area contributed by atoms with Crippen LogP contribution in [0.2, 0.25) is 0 Å². The van der Waals surface area contributed by atoms with Crippen LogP contribution in [0.25, 0.3) is 0 Å². The average Bonchev–Trinajstić information content (AvgIpc) is 2.86. The van der Waals surface area contributed by atoms with E-state index in [9.17, 15) is 14.0 Å². The SMILES string of the molecule is CC(C)CC1(C)NC(=N)N(CC2CCN(C(=O)Nc3ccc(F)cc3)CC2)C1=O. The van der Waals surface area contributed by atoms with E-state index >= 15 is 0 Å². The van der Waals surface area contributed by atoms with Crippen LogP contribution in [-0.2, 0) is 4.79 Å². The highest BCUT2D eigenvalue weighted by molar-refractivity contribution is 6.07. The first-order valence-electron chi connectivity index (χ1n) is 10.2. The number of amides is 3. The fraction of sp³-hybridized carbons (Fsp3) is 0.571. The highest BCUT2D eigenvalue weighted by atomic mass is 19.1. The Hall–Kier alpha value is -2.64. The first-order chi connectivity index (χ1) is 13.7. The smallest absolute Gasteiger partial charge is 0.321 e. The average molecular weight is 404 g/mol. The molecule has 7 nitrogen and oxygen atoms in total. The monoisotopic (exact) mass is 403 g/mol. The van der Waals surface area contributed by atoms with E-state index in [1.54, 1.807) is 9.80 Å². The number of carbonyl (C=O) groups excluding carboxylic acids is 2. The molecular weight excluding hydrogens is 373 g/mol. The molecule has 1 unspecified atom stereocenters. The van der Waals surface area contributed by atoms with Gasteiger partial charge in [0.05, 0.1) is 0 Å². The van der Waals surface area contributed by atoms with E-state index in [4.69, 9.17) is 5.41 Å². The quantitative estimate of drug-likeness (QED) is 0.705. The number of anilines is 1. The molecule has 0 spiro atoms. The maximum absolute atomic E-state index is 13.0. The van der Waals surface area contributed by atoms with Gasteiger partial charge in [0.1, 0.15) is 11.4 Å². The van der Waals surface area contributed by atoms with Gasteiger partial charge in [-0.2, -0.15) is 0 Å². The third-order valence-corrected chi connectivity index (χ3v) is 5.64. The second-order valence-electron chi connectivity index (χ2n) is 8.69. The summed E-state index contributed by atoms with van der Waals surface area (Å²) in [7, 11) is 0. The van der Waals surface area contributed by atoms with Gasteiger partial charge in [-0.15, -0.1) is 0 Å². The molecule has 2 aliphatic rings. The number of nitrogens with zero attached hydrogens (tertiary/aromatic N) is 2. The van der Waals surface area contributed by atoms with Gasteiger partial charge < -0.3 is 15.5 Å². The minimum absolute atomic E-state index is 0.0346. The summed E-state index contributed by atoms with van der Waals surface area (Å²) in [6, 6.07) is 5.49. The first kappa shape index (κ1) is 21.1. The minimum atomic E-state index is -0.707. The van der Waals surface area contributed by atoms with Crippen LogP contribution in [0.5, 0.6) is 0 Å². The Morgan fingerprint density at radius 2 is 1.93 bits per heavy atom. The van der Waals surface area contributed by atoms with E-state index < -0.39 is 5.54 Å². The molecule has 0 saturated carbocycles. The number of likely N-dealkylation sites (tertiary alicyclic amines) is 1. The molecule has 1 aromatic rings. The minimum Gasteiger partial charge on any atom is -0.342 e. The zero-order valence-electron chi connectivity index (χ0n) is 17.3. The topological polar surface area (TPSA) is 88.5 Å². The molecule has 1 aromatic carbocycles. The molecule has 29 heavy (non-hydrogen) atoms. The van der Waals surface area contributed by atoms with Crippen LogP contribution in [0, 0.1) is 23.1 Å². The number of halogens is 1. The molecule has 2 saturated heterocycles. The number of benzene rings is 1. The van der Waals surface area contributed by atoms with Crippen molar-refractivity contribution in [2.24, 2.45) is 11.8 Å². The van der Waals surface area contributed by atoms with Crippen molar-refractivity contribution in [2.45, 2.75) is 45.6 Å². The van der Waals surface area contributed by atoms with E-state index in [-0.39, 0.29) is 29.6 Å². The molecule has 2 aliphatic heterocycles. The number of urea groups is 1. The van der Waals surface area contributed by atoms with Crippen molar-refractivity contribution in [3.63, 3.8) is 0 Å². The van der Waals surface area contributed by atoms with Gasteiger partial charge in [-0.25, -0.2) is 9.18 Å². The molecule has 0 radical (unpaired) electrons. The third-order valence-electron chi connectivity index (χ3n) is 5.64. The van der Waals surface area contributed by atoms with Crippen LogP contribution in [0.3, 0.4) is 0 Å². The van der Waals surface area contributed by atoms with Crippen LogP contribution in [0.4, 0.5) is 14.9 Å². The summed E-state index contributed by atoms with van der Waals surface area (Å²) in [6.45, 7) is 7.68. The maximum atomic E-state index is 13.0. The lowest BCUT2D eigenvalue weighted by Crippen LogP contribution is -2.46.